The largest absolute Gasteiger partial charge is 0.352 e. The molecule has 0 aromatic carbocycles. The molecule has 3 heterocycles. The summed E-state index contributed by atoms with van der Waals surface area (Å²) < 4.78 is 28.1. The van der Waals surface area contributed by atoms with E-state index >= 15 is 0 Å². The van der Waals surface area contributed by atoms with Crippen molar-refractivity contribution in [1.82, 2.24) is 35.0 Å². The lowest BCUT2D eigenvalue weighted by Crippen LogP contribution is -2.27. The fourth-order valence-electron chi connectivity index (χ4n) is 4.55. The third kappa shape index (κ3) is 14.1. The molecule has 3 aromatic heterocycles. The van der Waals surface area contributed by atoms with Crippen LogP contribution >= 0.6 is 0 Å². The highest BCUT2D eigenvalue weighted by molar-refractivity contribution is 5.76. The molecular weight excluding hydrogens is 560 g/mol. The topological polar surface area (TPSA) is 89.1 Å². The van der Waals surface area contributed by atoms with Crippen LogP contribution in [0.2, 0.25) is 0 Å². The van der Waals surface area contributed by atoms with E-state index in [1.807, 2.05) is 50.0 Å². The van der Waals surface area contributed by atoms with Gasteiger partial charge in [-0.25, -0.2) is 18.3 Å². The van der Waals surface area contributed by atoms with E-state index in [1.165, 1.54) is 38.5 Å². The van der Waals surface area contributed by atoms with Crippen molar-refractivity contribution in [1.29, 1.82) is 0 Å². The van der Waals surface area contributed by atoms with Crippen LogP contribution in [0.5, 0.6) is 0 Å². The molecule has 0 spiro atoms. The molecule has 2 N–H and O–H groups in total. The number of amides is 1. The molecular formula is C34H55F2N7O. The van der Waals surface area contributed by atoms with Crippen LogP contribution < -0.4 is 10.6 Å². The van der Waals surface area contributed by atoms with Crippen LogP contribution in [0.1, 0.15) is 128 Å². The summed E-state index contributed by atoms with van der Waals surface area (Å²) in [5.41, 5.74) is 3.82. The van der Waals surface area contributed by atoms with Crippen molar-refractivity contribution in [2.75, 3.05) is 7.05 Å². The molecule has 0 unspecified atom stereocenters. The normalized spacial score (nSPS) is 16.4. The van der Waals surface area contributed by atoms with Crippen LogP contribution in [-0.2, 0) is 17.9 Å². The number of alkyl halides is 2. The van der Waals surface area contributed by atoms with Gasteiger partial charge in [-0.05, 0) is 76.3 Å². The summed E-state index contributed by atoms with van der Waals surface area (Å²) in [6.07, 6.45) is 18.8. The lowest BCUT2D eigenvalue weighted by Gasteiger charge is -2.24. The van der Waals surface area contributed by atoms with E-state index in [0.29, 0.717) is 37.8 Å². The Morgan fingerprint density at radius 1 is 1.07 bits per heavy atom. The third-order valence-electron chi connectivity index (χ3n) is 7.31. The first-order valence-corrected chi connectivity index (χ1v) is 16.5. The fraction of sp³-hybridized carbons (Fsp3) is 0.647. The second-order valence-corrected chi connectivity index (χ2v) is 11.7. The van der Waals surface area contributed by atoms with Gasteiger partial charge < -0.3 is 10.6 Å². The van der Waals surface area contributed by atoms with Gasteiger partial charge in [-0.1, -0.05) is 52.5 Å². The Kier molecular flexibility index (Phi) is 16.8. The van der Waals surface area contributed by atoms with E-state index in [-0.39, 0.29) is 18.7 Å². The van der Waals surface area contributed by atoms with Gasteiger partial charge in [0.1, 0.15) is 0 Å². The van der Waals surface area contributed by atoms with Crippen LogP contribution in [0.25, 0.3) is 11.7 Å². The standard InChI is InChI=1S/C15H21N5O.C8H12N2.C6H10F2.C3H6.C2H6/c1-16-9-13-10-20-14(19-13)5-12(8-18-20)7-17-15(21)6-11-3-2-4-11;1-4-8-5-6-9-10(8)7(2)3;7-6(8)4-2-1-3-5-6;1-2-3-1;1-2/h5,8,10-11,16H,2-4,6-7,9H2,1H3,(H,17,21);4-7H,1H2,2-3H3;1-5H2;1-3H2;1-2H3. The number of imidazole rings is 1. The lowest BCUT2D eigenvalue weighted by atomic mass is 9.83. The van der Waals surface area contributed by atoms with Crippen LogP contribution in [0.4, 0.5) is 8.78 Å². The Balaban J connectivity index is 0.000000242. The molecule has 0 atom stereocenters. The maximum absolute atomic E-state index is 12.2. The van der Waals surface area contributed by atoms with Gasteiger partial charge in [-0.15, -0.1) is 0 Å². The third-order valence-corrected chi connectivity index (χ3v) is 7.31. The molecule has 10 heteroatoms. The Morgan fingerprint density at radius 3 is 2.20 bits per heavy atom. The molecule has 3 aromatic rings. The average molecular weight is 616 g/mol. The van der Waals surface area contributed by atoms with E-state index in [2.05, 4.69) is 46.2 Å². The molecule has 3 aliphatic rings. The van der Waals surface area contributed by atoms with Crippen LogP contribution in [0, 0.1) is 5.92 Å². The van der Waals surface area contributed by atoms with Gasteiger partial charge in [0.25, 0.3) is 0 Å². The molecule has 0 aliphatic heterocycles. The zero-order valence-electron chi connectivity index (χ0n) is 27.6. The van der Waals surface area contributed by atoms with Gasteiger partial charge in [-0.3, -0.25) is 9.48 Å². The smallest absolute Gasteiger partial charge is 0.248 e. The van der Waals surface area contributed by atoms with Gasteiger partial charge in [0.05, 0.1) is 23.8 Å². The zero-order chi connectivity index (χ0) is 32.4. The minimum Gasteiger partial charge on any atom is -0.352 e. The average Bonchev–Trinajstić information content (AvgIpc) is 3.70. The number of carbonyl (C=O) groups is 1. The molecule has 0 saturated heterocycles. The van der Waals surface area contributed by atoms with Crippen molar-refractivity contribution in [2.24, 2.45) is 5.92 Å². The molecule has 6 rings (SSSR count). The Morgan fingerprint density at radius 2 is 1.73 bits per heavy atom. The number of carbonyl (C=O) groups excluding carboxylic acids is 1. The number of halogens is 2. The quantitative estimate of drug-likeness (QED) is 0.267. The summed E-state index contributed by atoms with van der Waals surface area (Å²) >= 11 is 0. The van der Waals surface area contributed by atoms with E-state index in [4.69, 9.17) is 0 Å². The predicted molar refractivity (Wildman–Crippen MR) is 175 cm³/mol. The van der Waals surface area contributed by atoms with Crippen LogP contribution in [0.15, 0.2) is 37.3 Å². The second kappa shape index (κ2) is 20.0. The van der Waals surface area contributed by atoms with Gasteiger partial charge in [0, 0.05) is 44.6 Å². The van der Waals surface area contributed by atoms with Crippen molar-refractivity contribution in [2.45, 2.75) is 130 Å². The fourth-order valence-corrected chi connectivity index (χ4v) is 4.55. The minimum absolute atomic E-state index is 0.118. The summed E-state index contributed by atoms with van der Waals surface area (Å²) in [6.45, 7) is 13.1. The number of nitrogens with one attached hydrogen (secondary N) is 2. The molecule has 0 bridgehead atoms. The summed E-state index contributed by atoms with van der Waals surface area (Å²) in [4.78, 5) is 16.3. The molecule has 0 radical (unpaired) electrons. The first-order valence-electron chi connectivity index (χ1n) is 16.5. The molecule has 1 amide bonds. The van der Waals surface area contributed by atoms with Gasteiger partial charge in [0.15, 0.2) is 5.65 Å². The lowest BCUT2D eigenvalue weighted by molar-refractivity contribution is -0.122. The van der Waals surface area contributed by atoms with Crippen LogP contribution in [-0.4, -0.2) is 43.3 Å². The molecule has 3 aliphatic carbocycles. The van der Waals surface area contributed by atoms with Crippen LogP contribution in [0.3, 0.4) is 0 Å². The number of hydrogen-bond donors (Lipinski definition) is 2. The number of hydrogen-bond acceptors (Lipinski definition) is 5. The van der Waals surface area contributed by atoms with Crippen molar-refractivity contribution >= 4 is 17.6 Å². The first kappa shape index (κ1) is 37.0. The molecule has 3 saturated carbocycles. The van der Waals surface area contributed by atoms with E-state index < -0.39 is 5.92 Å². The van der Waals surface area contributed by atoms with Crippen molar-refractivity contribution in [3.63, 3.8) is 0 Å². The SMILES string of the molecule is C1CC1.C=Cc1ccnn1C(C)C.CC.CNCc1cn2ncc(CNC(=O)CC3CCC3)cc2n1.FC1(F)CCCCC1. The Bertz CT molecular complexity index is 1220. The second-order valence-electron chi connectivity index (χ2n) is 11.7. The summed E-state index contributed by atoms with van der Waals surface area (Å²) in [7, 11) is 1.89. The van der Waals surface area contributed by atoms with E-state index in [1.54, 1.807) is 16.9 Å². The maximum Gasteiger partial charge on any atom is 0.248 e. The van der Waals surface area contributed by atoms with Gasteiger partial charge >= 0.3 is 0 Å². The Hall–Kier alpha value is -3.14. The highest BCUT2D eigenvalue weighted by Gasteiger charge is 2.30. The zero-order valence-corrected chi connectivity index (χ0v) is 27.6. The number of rotatable bonds is 8. The predicted octanol–water partition coefficient (Wildman–Crippen LogP) is 8.14. The Labute approximate surface area is 263 Å². The van der Waals surface area contributed by atoms with Crippen molar-refractivity contribution < 1.29 is 13.6 Å². The number of nitrogens with zero attached hydrogens (tertiary/aromatic N) is 5. The highest BCUT2D eigenvalue weighted by atomic mass is 19.3. The minimum atomic E-state index is -2.32. The van der Waals surface area contributed by atoms with Crippen molar-refractivity contribution in [3.8, 4) is 0 Å². The summed E-state index contributed by atoms with van der Waals surface area (Å²) in [5, 5.41) is 14.5. The first-order chi connectivity index (χ1) is 21.2. The summed E-state index contributed by atoms with van der Waals surface area (Å²) in [5.74, 6) is -1.58. The van der Waals surface area contributed by atoms with Gasteiger partial charge in [-0.2, -0.15) is 10.2 Å². The highest BCUT2D eigenvalue weighted by Crippen LogP contribution is 2.32. The monoisotopic (exact) mass is 615 g/mol. The van der Waals surface area contributed by atoms with Gasteiger partial charge in [0.2, 0.25) is 11.8 Å². The van der Waals surface area contributed by atoms with E-state index in [0.717, 1.165) is 35.6 Å². The molecule has 8 nitrogen and oxygen atoms in total. The van der Waals surface area contributed by atoms with E-state index in [9.17, 15) is 13.6 Å². The number of fused-ring (bicyclic) bond motifs is 1. The molecule has 246 valence electrons. The van der Waals surface area contributed by atoms with Crippen molar-refractivity contribution in [3.05, 3.63) is 54.3 Å². The maximum atomic E-state index is 12.2. The summed E-state index contributed by atoms with van der Waals surface area (Å²) in [6, 6.07) is 4.34. The molecule has 44 heavy (non-hydrogen) atoms. The number of aromatic nitrogens is 5. The molecule has 3 fully saturated rings.